The van der Waals surface area contributed by atoms with Crippen LogP contribution in [0.1, 0.15) is 37.7 Å². The summed E-state index contributed by atoms with van der Waals surface area (Å²) in [6.07, 6.45) is 3.06. The number of aliphatic hydroxyl groups excluding tert-OH is 1. The maximum absolute atomic E-state index is 10.9. The van der Waals surface area contributed by atoms with Gasteiger partial charge in [-0.25, -0.2) is 0 Å². The number of ether oxygens (including phenoxy) is 2. The van der Waals surface area contributed by atoms with E-state index in [9.17, 15) is 9.90 Å². The van der Waals surface area contributed by atoms with Crippen molar-refractivity contribution in [3.8, 4) is 11.5 Å². The van der Waals surface area contributed by atoms with Crippen molar-refractivity contribution in [3.63, 3.8) is 0 Å². The summed E-state index contributed by atoms with van der Waals surface area (Å²) in [7, 11) is 1.57. The van der Waals surface area contributed by atoms with Crippen LogP contribution in [0.3, 0.4) is 0 Å². The zero-order valence-electron chi connectivity index (χ0n) is 13.2. The van der Waals surface area contributed by atoms with Crippen LogP contribution < -0.4 is 15.2 Å². The van der Waals surface area contributed by atoms with Gasteiger partial charge in [0.25, 0.3) is 0 Å². The van der Waals surface area contributed by atoms with Crippen LogP contribution in [0.15, 0.2) is 18.2 Å². The molecule has 23 heavy (non-hydrogen) atoms. The summed E-state index contributed by atoms with van der Waals surface area (Å²) < 4.78 is 11.3. The normalized spacial score (nSPS) is 15.6. The number of carbonyl (C=O) groups is 1. The van der Waals surface area contributed by atoms with Crippen LogP contribution in [-0.4, -0.2) is 41.5 Å². The molecular formula is C16H24N2O5. The first-order chi connectivity index (χ1) is 10.5. The highest BCUT2D eigenvalue weighted by Gasteiger charge is 2.20. The summed E-state index contributed by atoms with van der Waals surface area (Å²) in [5.41, 5.74) is 5.72. The van der Waals surface area contributed by atoms with Crippen LogP contribution in [0, 0.1) is 5.41 Å². The molecule has 1 aliphatic rings. The Morgan fingerprint density at radius 2 is 2.04 bits per heavy atom. The minimum Gasteiger partial charge on any atom is -0.493 e. The Morgan fingerprint density at radius 1 is 1.39 bits per heavy atom. The quantitative estimate of drug-likeness (QED) is 0.638. The first kappa shape index (κ1) is 18.9. The molecule has 0 saturated heterocycles. The van der Waals surface area contributed by atoms with Gasteiger partial charge in [0.1, 0.15) is 6.10 Å². The van der Waals surface area contributed by atoms with Gasteiger partial charge in [0.2, 0.25) is 5.91 Å². The van der Waals surface area contributed by atoms with Crippen molar-refractivity contribution in [2.75, 3.05) is 7.11 Å². The second-order valence-corrected chi connectivity index (χ2v) is 5.49. The van der Waals surface area contributed by atoms with Crippen molar-refractivity contribution in [2.24, 2.45) is 5.73 Å². The van der Waals surface area contributed by atoms with Gasteiger partial charge >= 0.3 is 0 Å². The van der Waals surface area contributed by atoms with Gasteiger partial charge < -0.3 is 31.2 Å². The van der Waals surface area contributed by atoms with E-state index in [0.29, 0.717) is 17.1 Å². The smallest absolute Gasteiger partial charge is 0.246 e. The molecule has 1 amide bonds. The Balaban J connectivity index is 0.00000264. The minimum absolute atomic E-state index is 0. The number of hydrogen-bond donors (Lipinski definition) is 3. The monoisotopic (exact) mass is 324 g/mol. The van der Waals surface area contributed by atoms with Crippen LogP contribution in [0.25, 0.3) is 0 Å². The van der Waals surface area contributed by atoms with Gasteiger partial charge in [0.15, 0.2) is 11.5 Å². The largest absolute Gasteiger partial charge is 0.493 e. The number of aliphatic hydroxyl groups is 1. The van der Waals surface area contributed by atoms with Gasteiger partial charge in [-0.15, -0.1) is 0 Å². The predicted octanol–water partition coefficient (Wildman–Crippen LogP) is 0.796. The molecule has 0 spiro atoms. The Kier molecular flexibility index (Phi) is 6.99. The molecule has 1 atom stereocenters. The molecule has 1 aromatic rings. The number of nitrogens with one attached hydrogen (secondary N) is 1. The van der Waals surface area contributed by atoms with Crippen molar-refractivity contribution in [1.82, 2.24) is 0 Å². The summed E-state index contributed by atoms with van der Waals surface area (Å²) in [4.78, 5) is 10.9. The van der Waals surface area contributed by atoms with Crippen molar-refractivity contribution >= 4 is 11.6 Å². The van der Waals surface area contributed by atoms with E-state index in [4.69, 9.17) is 20.6 Å². The number of rotatable bonds is 7. The summed E-state index contributed by atoms with van der Waals surface area (Å²) in [5.74, 6) is 0.366. The highest BCUT2D eigenvalue weighted by molar-refractivity contribution is 6.01. The molecule has 0 bridgehead atoms. The molecule has 1 aromatic carbocycles. The highest BCUT2D eigenvalue weighted by atomic mass is 16.5. The van der Waals surface area contributed by atoms with Crippen LogP contribution in [0.2, 0.25) is 0 Å². The summed E-state index contributed by atoms with van der Waals surface area (Å²) in [6.45, 7) is 0. The van der Waals surface area contributed by atoms with Crippen LogP contribution in [0.5, 0.6) is 11.5 Å². The van der Waals surface area contributed by atoms with Crippen molar-refractivity contribution < 1.29 is 24.9 Å². The fourth-order valence-corrected chi connectivity index (χ4v) is 2.55. The number of benzene rings is 1. The average molecular weight is 324 g/mol. The third-order valence-corrected chi connectivity index (χ3v) is 3.83. The minimum atomic E-state index is -1.35. The Morgan fingerprint density at radius 3 is 2.61 bits per heavy atom. The topological polar surface area (TPSA) is 137 Å². The lowest BCUT2D eigenvalue weighted by atomic mass is 10.0. The molecule has 0 aromatic heterocycles. The van der Waals surface area contributed by atoms with Gasteiger partial charge in [-0.1, -0.05) is 0 Å². The van der Waals surface area contributed by atoms with Crippen LogP contribution in [0.4, 0.5) is 0 Å². The predicted molar refractivity (Wildman–Crippen MR) is 86.1 cm³/mol. The van der Waals surface area contributed by atoms with E-state index in [1.54, 1.807) is 25.3 Å². The molecule has 1 saturated carbocycles. The van der Waals surface area contributed by atoms with Crippen molar-refractivity contribution in [2.45, 2.75) is 44.3 Å². The maximum atomic E-state index is 10.9. The van der Waals surface area contributed by atoms with E-state index in [0.717, 1.165) is 25.7 Å². The SMILES string of the molecule is COc1ccc(C(=N)CC(O)C(N)=O)cc1OC1CCCC1.O. The summed E-state index contributed by atoms with van der Waals surface area (Å²) in [5, 5.41) is 17.5. The molecule has 6 N–H and O–H groups in total. The zero-order chi connectivity index (χ0) is 16.1. The van der Waals surface area contributed by atoms with Gasteiger partial charge in [-0.2, -0.15) is 0 Å². The van der Waals surface area contributed by atoms with Crippen LogP contribution in [-0.2, 0) is 4.79 Å². The second kappa shape index (κ2) is 8.50. The molecule has 128 valence electrons. The van der Waals surface area contributed by atoms with Gasteiger partial charge in [0, 0.05) is 12.1 Å². The molecule has 7 heteroatoms. The van der Waals surface area contributed by atoms with E-state index in [1.807, 2.05) is 0 Å². The lowest BCUT2D eigenvalue weighted by Crippen LogP contribution is -2.30. The zero-order valence-corrected chi connectivity index (χ0v) is 13.2. The standard InChI is InChI=1S/C16H22N2O4.H2O/c1-21-14-7-6-10(12(17)9-13(19)16(18)20)8-15(14)22-11-4-2-3-5-11;/h6-8,11,13,17,19H,2-5,9H2,1H3,(H2,18,20);1H2. The van der Waals surface area contributed by atoms with Gasteiger partial charge in [0.05, 0.1) is 13.2 Å². The molecule has 2 rings (SSSR count). The molecule has 0 aliphatic heterocycles. The Labute approximate surface area is 135 Å². The first-order valence-electron chi connectivity index (χ1n) is 7.41. The summed E-state index contributed by atoms with van der Waals surface area (Å²) in [6, 6.07) is 5.15. The lowest BCUT2D eigenvalue weighted by molar-refractivity contribution is -0.125. The van der Waals surface area contributed by atoms with Gasteiger partial charge in [-0.05, 0) is 49.4 Å². The molecule has 1 aliphatic carbocycles. The molecule has 7 nitrogen and oxygen atoms in total. The number of hydrogen-bond acceptors (Lipinski definition) is 5. The lowest BCUT2D eigenvalue weighted by Gasteiger charge is -2.17. The second-order valence-electron chi connectivity index (χ2n) is 5.49. The van der Waals surface area contributed by atoms with Crippen molar-refractivity contribution in [1.29, 1.82) is 5.41 Å². The third-order valence-electron chi connectivity index (χ3n) is 3.83. The van der Waals surface area contributed by atoms with E-state index in [2.05, 4.69) is 0 Å². The molecule has 1 unspecified atom stereocenters. The third kappa shape index (κ3) is 4.94. The fourth-order valence-electron chi connectivity index (χ4n) is 2.55. The maximum Gasteiger partial charge on any atom is 0.246 e. The fraction of sp³-hybridized carbons (Fsp3) is 0.500. The number of methoxy groups -OCH3 is 1. The molecular weight excluding hydrogens is 300 g/mol. The van der Waals surface area contributed by atoms with Crippen LogP contribution >= 0.6 is 0 Å². The van der Waals surface area contributed by atoms with E-state index >= 15 is 0 Å². The van der Waals surface area contributed by atoms with Crippen molar-refractivity contribution in [3.05, 3.63) is 23.8 Å². The Hall–Kier alpha value is -2.12. The van der Waals surface area contributed by atoms with E-state index < -0.39 is 12.0 Å². The summed E-state index contributed by atoms with van der Waals surface area (Å²) >= 11 is 0. The highest BCUT2D eigenvalue weighted by Crippen LogP contribution is 2.32. The van der Waals surface area contributed by atoms with E-state index in [-0.39, 0.29) is 23.7 Å². The first-order valence-corrected chi connectivity index (χ1v) is 7.41. The number of primary amides is 1. The Bertz CT molecular complexity index is 555. The van der Waals surface area contributed by atoms with Gasteiger partial charge in [-0.3, -0.25) is 4.79 Å². The molecule has 1 fully saturated rings. The van der Waals surface area contributed by atoms with E-state index in [1.165, 1.54) is 0 Å². The number of amides is 1. The number of carbonyl (C=O) groups excluding carboxylic acids is 1. The molecule has 0 heterocycles. The average Bonchev–Trinajstić information content (AvgIpc) is 2.99. The number of nitrogens with two attached hydrogens (primary N) is 1. The molecule has 0 radical (unpaired) electrons.